The molecule has 0 aliphatic heterocycles. The van der Waals surface area contributed by atoms with Gasteiger partial charge in [0.15, 0.2) is 0 Å². The molecule has 128 valence electrons. The van der Waals surface area contributed by atoms with Gasteiger partial charge in [-0.2, -0.15) is 11.8 Å². The van der Waals surface area contributed by atoms with Crippen molar-refractivity contribution in [2.24, 2.45) is 11.7 Å². The standard InChI is InChI=1S/C18H27NO3S/c1-21-16-9-7-14(8-10-16)11-22-18(20)17(19)13-23-12-15-5-3-2-4-6-15/h7-10,15,17H,2-6,11-13,19H2,1H3/t17-/m0/s1. The monoisotopic (exact) mass is 337 g/mol. The largest absolute Gasteiger partial charge is 0.497 e. The summed E-state index contributed by atoms with van der Waals surface area (Å²) in [5, 5.41) is 0. The zero-order valence-electron chi connectivity index (χ0n) is 13.8. The number of benzene rings is 1. The predicted octanol–water partition coefficient (Wildman–Crippen LogP) is 3.38. The van der Waals surface area contributed by atoms with E-state index in [0.29, 0.717) is 5.75 Å². The number of methoxy groups -OCH3 is 1. The molecule has 0 amide bonds. The van der Waals surface area contributed by atoms with Crippen molar-refractivity contribution in [3.63, 3.8) is 0 Å². The SMILES string of the molecule is COc1ccc(COC(=O)[C@@H](N)CSCC2CCCCC2)cc1. The summed E-state index contributed by atoms with van der Waals surface area (Å²) < 4.78 is 10.4. The van der Waals surface area contributed by atoms with Gasteiger partial charge in [-0.15, -0.1) is 0 Å². The first-order valence-electron chi connectivity index (χ1n) is 8.32. The molecule has 1 aromatic carbocycles. The van der Waals surface area contributed by atoms with Gasteiger partial charge in [0, 0.05) is 5.75 Å². The fourth-order valence-corrected chi connectivity index (χ4v) is 3.96. The summed E-state index contributed by atoms with van der Waals surface area (Å²) in [7, 11) is 1.62. The Labute approximate surface area is 143 Å². The van der Waals surface area contributed by atoms with E-state index >= 15 is 0 Å². The van der Waals surface area contributed by atoms with Gasteiger partial charge in [-0.3, -0.25) is 4.79 Å². The molecule has 1 aromatic rings. The number of esters is 1. The quantitative estimate of drug-likeness (QED) is 0.737. The van der Waals surface area contributed by atoms with E-state index in [-0.39, 0.29) is 12.6 Å². The van der Waals surface area contributed by atoms with Crippen molar-refractivity contribution < 1.29 is 14.3 Å². The van der Waals surface area contributed by atoms with E-state index in [1.54, 1.807) is 18.9 Å². The van der Waals surface area contributed by atoms with Crippen LogP contribution < -0.4 is 10.5 Å². The van der Waals surface area contributed by atoms with E-state index in [1.807, 2.05) is 24.3 Å². The molecule has 5 heteroatoms. The van der Waals surface area contributed by atoms with Crippen molar-refractivity contribution in [2.75, 3.05) is 18.6 Å². The maximum atomic E-state index is 11.9. The van der Waals surface area contributed by atoms with Crippen LogP contribution in [0.5, 0.6) is 5.75 Å². The first kappa shape index (κ1) is 18.1. The lowest BCUT2D eigenvalue weighted by Gasteiger charge is -2.21. The van der Waals surface area contributed by atoms with Crippen molar-refractivity contribution in [3.05, 3.63) is 29.8 Å². The summed E-state index contributed by atoms with van der Waals surface area (Å²) in [6.45, 7) is 0.254. The fraction of sp³-hybridized carbons (Fsp3) is 0.611. The lowest BCUT2D eigenvalue weighted by atomic mass is 9.91. The zero-order valence-corrected chi connectivity index (χ0v) is 14.6. The molecular weight excluding hydrogens is 310 g/mol. The molecule has 0 bridgehead atoms. The van der Waals surface area contributed by atoms with Crippen LogP contribution in [-0.4, -0.2) is 30.6 Å². The maximum Gasteiger partial charge on any atom is 0.324 e. The zero-order chi connectivity index (χ0) is 16.5. The summed E-state index contributed by atoms with van der Waals surface area (Å²) in [5.41, 5.74) is 6.86. The minimum absolute atomic E-state index is 0.254. The van der Waals surface area contributed by atoms with Crippen LogP contribution in [0.4, 0.5) is 0 Å². The first-order chi connectivity index (χ1) is 11.2. The molecule has 0 saturated heterocycles. The second-order valence-electron chi connectivity index (χ2n) is 6.10. The fourth-order valence-electron chi connectivity index (χ4n) is 2.77. The van der Waals surface area contributed by atoms with Crippen LogP contribution in [0.1, 0.15) is 37.7 Å². The van der Waals surface area contributed by atoms with Crippen LogP contribution in [0.2, 0.25) is 0 Å². The lowest BCUT2D eigenvalue weighted by molar-refractivity contribution is -0.145. The number of ether oxygens (including phenoxy) is 2. The molecule has 2 rings (SSSR count). The number of carbonyl (C=O) groups excluding carboxylic acids is 1. The Hall–Kier alpha value is -1.20. The third-order valence-corrected chi connectivity index (χ3v) is 5.52. The number of nitrogens with two attached hydrogens (primary N) is 1. The molecule has 1 aliphatic rings. The Morgan fingerprint density at radius 2 is 1.96 bits per heavy atom. The summed E-state index contributed by atoms with van der Waals surface area (Å²) in [5.74, 6) is 3.02. The van der Waals surface area contributed by atoms with Crippen LogP contribution in [0, 0.1) is 5.92 Å². The molecular formula is C18H27NO3S. The predicted molar refractivity (Wildman–Crippen MR) is 94.7 cm³/mol. The summed E-state index contributed by atoms with van der Waals surface area (Å²) in [6.07, 6.45) is 6.72. The van der Waals surface area contributed by atoms with Crippen molar-refractivity contribution in [1.82, 2.24) is 0 Å². The third kappa shape index (κ3) is 6.43. The summed E-state index contributed by atoms with van der Waals surface area (Å²) in [4.78, 5) is 11.9. The molecule has 0 spiro atoms. The van der Waals surface area contributed by atoms with E-state index < -0.39 is 6.04 Å². The number of rotatable bonds is 8. The van der Waals surface area contributed by atoms with E-state index in [4.69, 9.17) is 15.2 Å². The first-order valence-corrected chi connectivity index (χ1v) is 9.47. The number of hydrogen-bond donors (Lipinski definition) is 1. The van der Waals surface area contributed by atoms with Crippen LogP contribution in [0.15, 0.2) is 24.3 Å². The maximum absolute atomic E-state index is 11.9. The van der Waals surface area contributed by atoms with Gasteiger partial charge in [0.1, 0.15) is 18.4 Å². The highest BCUT2D eigenvalue weighted by Gasteiger charge is 2.18. The second-order valence-corrected chi connectivity index (χ2v) is 7.18. The lowest BCUT2D eigenvalue weighted by Crippen LogP contribution is -2.34. The van der Waals surface area contributed by atoms with Crippen LogP contribution >= 0.6 is 11.8 Å². The van der Waals surface area contributed by atoms with Gasteiger partial charge in [0.25, 0.3) is 0 Å². The smallest absolute Gasteiger partial charge is 0.324 e. The van der Waals surface area contributed by atoms with E-state index in [0.717, 1.165) is 23.0 Å². The van der Waals surface area contributed by atoms with Crippen LogP contribution in [-0.2, 0) is 16.1 Å². The van der Waals surface area contributed by atoms with Crippen molar-refractivity contribution in [1.29, 1.82) is 0 Å². The molecule has 0 heterocycles. The summed E-state index contributed by atoms with van der Waals surface area (Å²) >= 11 is 1.78. The molecule has 1 atom stereocenters. The van der Waals surface area contributed by atoms with E-state index in [9.17, 15) is 4.79 Å². The molecule has 1 aliphatic carbocycles. The normalized spacial score (nSPS) is 16.8. The molecule has 0 aromatic heterocycles. The Morgan fingerprint density at radius 1 is 1.26 bits per heavy atom. The van der Waals surface area contributed by atoms with Gasteiger partial charge >= 0.3 is 5.97 Å². The van der Waals surface area contributed by atoms with Gasteiger partial charge in [-0.05, 0) is 42.2 Å². The molecule has 23 heavy (non-hydrogen) atoms. The Balaban J connectivity index is 1.63. The Morgan fingerprint density at radius 3 is 2.61 bits per heavy atom. The molecule has 2 N–H and O–H groups in total. The van der Waals surface area contributed by atoms with Gasteiger partial charge in [0.05, 0.1) is 7.11 Å². The molecule has 0 radical (unpaired) electrons. The van der Waals surface area contributed by atoms with Gasteiger partial charge < -0.3 is 15.2 Å². The highest BCUT2D eigenvalue weighted by Crippen LogP contribution is 2.26. The second kappa shape index (κ2) is 9.83. The Kier molecular flexibility index (Phi) is 7.76. The van der Waals surface area contributed by atoms with Gasteiger partial charge in [0.2, 0.25) is 0 Å². The van der Waals surface area contributed by atoms with E-state index in [1.165, 1.54) is 32.1 Å². The average Bonchev–Trinajstić information content (AvgIpc) is 2.61. The van der Waals surface area contributed by atoms with Crippen molar-refractivity contribution >= 4 is 17.7 Å². The summed E-state index contributed by atoms with van der Waals surface area (Å²) in [6, 6.07) is 6.93. The molecule has 1 fully saturated rings. The molecule has 4 nitrogen and oxygen atoms in total. The topological polar surface area (TPSA) is 61.5 Å². The van der Waals surface area contributed by atoms with Crippen molar-refractivity contribution in [3.8, 4) is 5.75 Å². The highest BCUT2D eigenvalue weighted by atomic mass is 32.2. The minimum atomic E-state index is -0.540. The highest BCUT2D eigenvalue weighted by molar-refractivity contribution is 7.99. The van der Waals surface area contributed by atoms with Gasteiger partial charge in [-0.1, -0.05) is 31.4 Å². The number of hydrogen-bond acceptors (Lipinski definition) is 5. The van der Waals surface area contributed by atoms with Crippen LogP contribution in [0.25, 0.3) is 0 Å². The molecule has 0 unspecified atom stereocenters. The van der Waals surface area contributed by atoms with Gasteiger partial charge in [-0.25, -0.2) is 0 Å². The minimum Gasteiger partial charge on any atom is -0.497 e. The van der Waals surface area contributed by atoms with E-state index in [2.05, 4.69) is 0 Å². The number of carbonyl (C=O) groups is 1. The van der Waals surface area contributed by atoms with Crippen molar-refractivity contribution in [2.45, 2.75) is 44.8 Å². The van der Waals surface area contributed by atoms with Crippen LogP contribution in [0.3, 0.4) is 0 Å². The molecule has 1 saturated carbocycles. The third-order valence-electron chi connectivity index (χ3n) is 4.22. The average molecular weight is 337 g/mol. The Bertz CT molecular complexity index is 472. The number of thioether (sulfide) groups is 1.